The molecule has 0 aromatic heterocycles. The number of likely N-dealkylation sites (tertiary alicyclic amines) is 1. The number of nitrogens with zero attached hydrogens (tertiary/aromatic N) is 2. The predicted molar refractivity (Wildman–Crippen MR) is 99.8 cm³/mol. The van der Waals surface area contributed by atoms with E-state index in [1.165, 1.54) is 0 Å². The Labute approximate surface area is 156 Å². The van der Waals surface area contributed by atoms with Crippen molar-refractivity contribution in [2.45, 2.75) is 52.6 Å². The third-order valence-corrected chi connectivity index (χ3v) is 5.19. The molecule has 1 aliphatic rings. The van der Waals surface area contributed by atoms with Crippen molar-refractivity contribution in [2.24, 2.45) is 5.92 Å². The van der Waals surface area contributed by atoms with Crippen molar-refractivity contribution in [2.75, 3.05) is 13.1 Å². The van der Waals surface area contributed by atoms with E-state index in [-0.39, 0.29) is 16.7 Å². The number of ether oxygens (including phenoxy) is 1. The highest BCUT2D eigenvalue weighted by molar-refractivity contribution is 9.10. The second-order valence-corrected chi connectivity index (χ2v) is 8.46. The molecule has 0 atom stereocenters. The van der Waals surface area contributed by atoms with Crippen LogP contribution in [-0.4, -0.2) is 34.6 Å². The number of hydrogen-bond donors (Lipinski definition) is 0. The van der Waals surface area contributed by atoms with Crippen molar-refractivity contribution in [1.82, 2.24) is 4.90 Å². The Balaban J connectivity index is 2.00. The lowest BCUT2D eigenvalue weighted by molar-refractivity contribution is -0.385. The van der Waals surface area contributed by atoms with E-state index in [0.29, 0.717) is 25.4 Å². The largest absolute Gasteiger partial charge is 0.444 e. The number of hydrogen-bond acceptors (Lipinski definition) is 4. The van der Waals surface area contributed by atoms with Gasteiger partial charge in [0.25, 0.3) is 5.69 Å². The van der Waals surface area contributed by atoms with Crippen LogP contribution in [0.25, 0.3) is 0 Å². The van der Waals surface area contributed by atoms with Gasteiger partial charge in [0.1, 0.15) is 5.60 Å². The summed E-state index contributed by atoms with van der Waals surface area (Å²) in [6.45, 7) is 8.75. The van der Waals surface area contributed by atoms with Gasteiger partial charge in [0.05, 0.1) is 4.92 Å². The van der Waals surface area contributed by atoms with E-state index in [4.69, 9.17) is 4.74 Å². The van der Waals surface area contributed by atoms with E-state index >= 15 is 0 Å². The fourth-order valence-corrected chi connectivity index (χ4v) is 3.35. The van der Waals surface area contributed by atoms with Gasteiger partial charge in [-0.05, 0) is 64.5 Å². The van der Waals surface area contributed by atoms with Crippen molar-refractivity contribution in [1.29, 1.82) is 0 Å². The fraction of sp³-hybridized carbons (Fsp3) is 0.611. The third-order valence-electron chi connectivity index (χ3n) is 4.33. The molecule has 0 N–H and O–H groups in total. The topological polar surface area (TPSA) is 72.7 Å². The van der Waals surface area contributed by atoms with Crippen LogP contribution in [0.4, 0.5) is 10.5 Å². The van der Waals surface area contributed by atoms with Gasteiger partial charge in [-0.3, -0.25) is 10.1 Å². The number of halogens is 1. The molecule has 7 heteroatoms. The SMILES string of the molecule is Cc1cc(CC2CCN(C(=O)OC(C)(C)C)CC2)c([N+](=O)[O-])cc1Br. The lowest BCUT2D eigenvalue weighted by atomic mass is 9.89. The number of carbonyl (C=O) groups is 1. The molecule has 25 heavy (non-hydrogen) atoms. The van der Waals surface area contributed by atoms with Gasteiger partial charge in [-0.1, -0.05) is 15.9 Å². The number of benzene rings is 1. The molecular formula is C18H25BrN2O4. The zero-order valence-electron chi connectivity index (χ0n) is 15.2. The summed E-state index contributed by atoms with van der Waals surface area (Å²) in [6, 6.07) is 3.48. The maximum Gasteiger partial charge on any atom is 0.410 e. The average molecular weight is 413 g/mol. The van der Waals surface area contributed by atoms with Gasteiger partial charge in [0.15, 0.2) is 0 Å². The van der Waals surface area contributed by atoms with Gasteiger partial charge in [-0.15, -0.1) is 0 Å². The van der Waals surface area contributed by atoms with Crippen LogP contribution in [0.3, 0.4) is 0 Å². The van der Waals surface area contributed by atoms with Crippen molar-refractivity contribution >= 4 is 27.7 Å². The number of nitro benzene ring substituents is 1. The first-order valence-corrected chi connectivity index (χ1v) is 9.27. The quantitative estimate of drug-likeness (QED) is 0.524. The molecule has 0 unspecified atom stereocenters. The molecule has 1 amide bonds. The van der Waals surface area contributed by atoms with E-state index in [1.807, 2.05) is 33.8 Å². The van der Waals surface area contributed by atoms with Crippen LogP contribution in [0.15, 0.2) is 16.6 Å². The molecule has 0 spiro atoms. The van der Waals surface area contributed by atoms with E-state index in [0.717, 1.165) is 28.4 Å². The zero-order chi connectivity index (χ0) is 18.8. The molecule has 0 bridgehead atoms. The van der Waals surface area contributed by atoms with Crippen molar-refractivity contribution in [3.8, 4) is 0 Å². The second-order valence-electron chi connectivity index (χ2n) is 7.60. The lowest BCUT2D eigenvalue weighted by Gasteiger charge is -2.33. The van der Waals surface area contributed by atoms with E-state index in [1.54, 1.807) is 11.0 Å². The zero-order valence-corrected chi connectivity index (χ0v) is 16.8. The van der Waals surface area contributed by atoms with Crippen LogP contribution >= 0.6 is 15.9 Å². The summed E-state index contributed by atoms with van der Waals surface area (Å²) in [5, 5.41) is 11.3. The predicted octanol–water partition coefficient (Wildman–Crippen LogP) is 4.86. The van der Waals surface area contributed by atoms with Crippen molar-refractivity contribution in [3.05, 3.63) is 37.8 Å². The van der Waals surface area contributed by atoms with Crippen LogP contribution in [0, 0.1) is 23.0 Å². The minimum atomic E-state index is -0.497. The standard InChI is InChI=1S/C18H25BrN2O4/c1-12-9-14(16(21(23)24)11-15(12)19)10-13-5-7-20(8-6-13)17(22)25-18(2,3)4/h9,11,13H,5-8,10H2,1-4H3. The Bertz CT molecular complexity index is 662. The molecule has 1 aliphatic heterocycles. The number of piperidine rings is 1. The number of carbonyl (C=O) groups excluding carboxylic acids is 1. The van der Waals surface area contributed by atoms with E-state index in [2.05, 4.69) is 15.9 Å². The Morgan fingerprint density at radius 1 is 1.36 bits per heavy atom. The summed E-state index contributed by atoms with van der Waals surface area (Å²) < 4.78 is 6.16. The van der Waals surface area contributed by atoms with E-state index < -0.39 is 5.60 Å². The summed E-state index contributed by atoms with van der Waals surface area (Å²) in [4.78, 5) is 24.8. The van der Waals surface area contributed by atoms with Crippen LogP contribution in [-0.2, 0) is 11.2 Å². The summed E-state index contributed by atoms with van der Waals surface area (Å²) in [6.07, 6.45) is 2.03. The molecule has 0 saturated carbocycles. The second kappa shape index (κ2) is 7.72. The number of nitro groups is 1. The molecule has 1 saturated heterocycles. The normalized spacial score (nSPS) is 16.0. The number of rotatable bonds is 3. The summed E-state index contributed by atoms with van der Waals surface area (Å²) in [5.41, 5.74) is 1.42. The Kier molecular flexibility index (Phi) is 6.08. The maximum atomic E-state index is 12.1. The van der Waals surface area contributed by atoms with Crippen molar-refractivity contribution < 1.29 is 14.5 Å². The average Bonchev–Trinajstić information content (AvgIpc) is 2.49. The molecule has 1 heterocycles. The Morgan fingerprint density at radius 3 is 2.48 bits per heavy atom. The van der Waals surface area contributed by atoms with Gasteiger partial charge in [-0.2, -0.15) is 0 Å². The smallest absolute Gasteiger partial charge is 0.410 e. The fourth-order valence-electron chi connectivity index (χ4n) is 3.02. The lowest BCUT2D eigenvalue weighted by Crippen LogP contribution is -2.42. The van der Waals surface area contributed by atoms with Crippen LogP contribution in [0.1, 0.15) is 44.7 Å². The minimum absolute atomic E-state index is 0.159. The van der Waals surface area contributed by atoms with E-state index in [9.17, 15) is 14.9 Å². The molecule has 1 aromatic rings. The van der Waals surface area contributed by atoms with Gasteiger partial charge < -0.3 is 9.64 Å². The van der Waals surface area contributed by atoms with Crippen LogP contribution in [0.5, 0.6) is 0 Å². The molecule has 1 aromatic carbocycles. The molecule has 2 rings (SSSR count). The minimum Gasteiger partial charge on any atom is -0.444 e. The molecule has 1 fully saturated rings. The monoisotopic (exact) mass is 412 g/mol. The molecule has 138 valence electrons. The third kappa shape index (κ3) is 5.42. The van der Waals surface area contributed by atoms with Gasteiger partial charge in [0.2, 0.25) is 0 Å². The highest BCUT2D eigenvalue weighted by Crippen LogP contribution is 2.31. The van der Waals surface area contributed by atoms with Crippen molar-refractivity contribution in [3.63, 3.8) is 0 Å². The summed E-state index contributed by atoms with van der Waals surface area (Å²) in [7, 11) is 0. The van der Waals surface area contributed by atoms with Gasteiger partial charge >= 0.3 is 6.09 Å². The van der Waals surface area contributed by atoms with Gasteiger partial charge in [0, 0.05) is 29.2 Å². The highest BCUT2D eigenvalue weighted by atomic mass is 79.9. The summed E-state index contributed by atoms with van der Waals surface area (Å²) >= 11 is 3.36. The van der Waals surface area contributed by atoms with Crippen LogP contribution in [0.2, 0.25) is 0 Å². The first-order chi connectivity index (χ1) is 11.6. The number of aryl methyl sites for hydroxylation is 1. The Hall–Kier alpha value is -1.63. The maximum absolute atomic E-state index is 12.1. The Morgan fingerprint density at radius 2 is 1.96 bits per heavy atom. The van der Waals surface area contributed by atoms with Crippen LogP contribution < -0.4 is 0 Å². The molecule has 0 aliphatic carbocycles. The number of amides is 1. The molecular weight excluding hydrogens is 388 g/mol. The molecule has 0 radical (unpaired) electrons. The highest BCUT2D eigenvalue weighted by Gasteiger charge is 2.28. The summed E-state index contributed by atoms with van der Waals surface area (Å²) in [5.74, 6) is 0.331. The first kappa shape index (κ1) is 19.7. The van der Waals surface area contributed by atoms with Gasteiger partial charge in [-0.25, -0.2) is 4.79 Å². The molecule has 6 nitrogen and oxygen atoms in total. The first-order valence-electron chi connectivity index (χ1n) is 8.48.